The molecule has 1 unspecified atom stereocenters. The third-order valence-corrected chi connectivity index (χ3v) is 5.20. The van der Waals surface area contributed by atoms with Gasteiger partial charge in [0.15, 0.2) is 0 Å². The Balaban J connectivity index is 1.71. The van der Waals surface area contributed by atoms with Gasteiger partial charge in [-0.25, -0.2) is 9.18 Å². The fourth-order valence-electron chi connectivity index (χ4n) is 3.76. The number of anilines is 2. The zero-order valence-corrected chi connectivity index (χ0v) is 18.4. The number of aryl methyl sites for hydroxylation is 3. The van der Waals surface area contributed by atoms with Gasteiger partial charge in [0.1, 0.15) is 5.82 Å². The molecule has 9 heteroatoms. The second-order valence-electron chi connectivity index (χ2n) is 8.00. The Morgan fingerprint density at radius 3 is 2.18 bits per heavy atom. The first-order chi connectivity index (χ1) is 15.3. The highest BCUT2D eigenvalue weighted by Gasteiger charge is 2.34. The molecule has 3 rings (SSSR count). The number of alkyl halides is 3. The van der Waals surface area contributed by atoms with Crippen molar-refractivity contribution in [3.8, 4) is 0 Å². The zero-order valence-electron chi connectivity index (χ0n) is 18.4. The average molecular weight is 461 g/mol. The van der Waals surface area contributed by atoms with Crippen molar-refractivity contribution in [3.63, 3.8) is 0 Å². The summed E-state index contributed by atoms with van der Waals surface area (Å²) < 4.78 is 52.6. The topological polar surface area (TPSA) is 70.2 Å². The maximum absolute atomic E-state index is 13.2. The van der Waals surface area contributed by atoms with Crippen LogP contribution in [-0.4, -0.2) is 11.9 Å². The van der Waals surface area contributed by atoms with Gasteiger partial charge in [-0.05, 0) is 56.2 Å². The Bertz CT molecular complexity index is 1160. The molecule has 174 valence electrons. The molecule has 0 radical (unpaired) electrons. The van der Waals surface area contributed by atoms with Crippen molar-refractivity contribution in [2.75, 3.05) is 10.6 Å². The summed E-state index contributed by atoms with van der Waals surface area (Å²) >= 11 is 0. The molecular weight excluding hydrogens is 438 g/mol. The summed E-state index contributed by atoms with van der Waals surface area (Å²) in [6.07, 6.45) is -1.77. The molecule has 1 aliphatic carbocycles. The van der Waals surface area contributed by atoms with Crippen LogP contribution < -0.4 is 16.0 Å². The van der Waals surface area contributed by atoms with Crippen molar-refractivity contribution in [2.24, 2.45) is 5.92 Å². The summed E-state index contributed by atoms with van der Waals surface area (Å²) in [5.41, 5.74) is 2.38. The molecule has 0 spiro atoms. The Morgan fingerprint density at radius 1 is 0.939 bits per heavy atom. The van der Waals surface area contributed by atoms with E-state index in [0.29, 0.717) is 17.3 Å². The molecule has 3 N–H and O–H groups in total. The maximum atomic E-state index is 13.2. The predicted octanol–water partition coefficient (Wildman–Crippen LogP) is 5.99. The predicted molar refractivity (Wildman–Crippen MR) is 118 cm³/mol. The van der Waals surface area contributed by atoms with Crippen LogP contribution in [-0.2, 0) is 11.0 Å². The van der Waals surface area contributed by atoms with Gasteiger partial charge in [-0.3, -0.25) is 4.79 Å². The van der Waals surface area contributed by atoms with Crippen LogP contribution >= 0.6 is 0 Å². The van der Waals surface area contributed by atoms with Gasteiger partial charge in [0.05, 0.1) is 11.3 Å². The first kappa shape index (κ1) is 24.0. The standard InChI is InChI=1S/C24H23F4N3O2/c1-12-7-14(3)21(15(4)8-12)31-22(32)18-11-17(9-13(18)2)29-23(33)30-20-6-5-16(25)10-19(20)24(26,27)28/h5-11,13H,1-4H3,(H,31,32)(H2,29,30,33). The number of rotatable bonds is 4. The van der Waals surface area contributed by atoms with Gasteiger partial charge in [-0.1, -0.05) is 30.7 Å². The molecule has 5 nitrogen and oxygen atoms in total. The Kier molecular flexibility index (Phi) is 6.62. The van der Waals surface area contributed by atoms with E-state index in [2.05, 4.69) is 16.0 Å². The van der Waals surface area contributed by atoms with Crippen molar-refractivity contribution in [3.05, 3.63) is 81.8 Å². The van der Waals surface area contributed by atoms with Gasteiger partial charge in [0, 0.05) is 22.9 Å². The van der Waals surface area contributed by atoms with E-state index in [9.17, 15) is 27.2 Å². The fourth-order valence-corrected chi connectivity index (χ4v) is 3.76. The van der Waals surface area contributed by atoms with E-state index < -0.39 is 29.3 Å². The van der Waals surface area contributed by atoms with Gasteiger partial charge in [-0.2, -0.15) is 13.2 Å². The van der Waals surface area contributed by atoms with Crippen LogP contribution in [0.2, 0.25) is 0 Å². The fraction of sp³-hybridized carbons (Fsp3) is 0.250. The van der Waals surface area contributed by atoms with Crippen LogP contribution in [0.5, 0.6) is 0 Å². The van der Waals surface area contributed by atoms with Crippen molar-refractivity contribution < 1.29 is 27.2 Å². The molecule has 0 saturated carbocycles. The van der Waals surface area contributed by atoms with Crippen molar-refractivity contribution in [1.29, 1.82) is 0 Å². The second kappa shape index (κ2) is 9.09. The summed E-state index contributed by atoms with van der Waals surface area (Å²) in [5, 5.41) is 7.40. The summed E-state index contributed by atoms with van der Waals surface area (Å²) in [7, 11) is 0. The highest BCUT2D eigenvalue weighted by molar-refractivity contribution is 6.06. The first-order valence-corrected chi connectivity index (χ1v) is 10.1. The number of allylic oxidation sites excluding steroid dienone is 2. The number of nitrogens with one attached hydrogen (secondary N) is 3. The van der Waals surface area contributed by atoms with E-state index in [0.717, 1.165) is 28.8 Å². The van der Waals surface area contributed by atoms with Crippen LogP contribution in [0.4, 0.5) is 33.7 Å². The third kappa shape index (κ3) is 5.60. The van der Waals surface area contributed by atoms with Crippen LogP contribution in [0.15, 0.2) is 53.8 Å². The van der Waals surface area contributed by atoms with Crippen LogP contribution in [0.3, 0.4) is 0 Å². The van der Waals surface area contributed by atoms with E-state index >= 15 is 0 Å². The highest BCUT2D eigenvalue weighted by Crippen LogP contribution is 2.35. The second-order valence-corrected chi connectivity index (χ2v) is 8.00. The molecule has 2 aromatic carbocycles. The summed E-state index contributed by atoms with van der Waals surface area (Å²) in [5.74, 6) is -1.75. The van der Waals surface area contributed by atoms with E-state index in [-0.39, 0.29) is 17.5 Å². The Hall–Kier alpha value is -3.62. The van der Waals surface area contributed by atoms with Crippen molar-refractivity contribution >= 4 is 23.3 Å². The Labute approximate surface area is 188 Å². The van der Waals surface area contributed by atoms with Gasteiger partial charge in [-0.15, -0.1) is 0 Å². The lowest BCUT2D eigenvalue weighted by atomic mass is 10.0. The summed E-state index contributed by atoms with van der Waals surface area (Å²) in [4.78, 5) is 25.1. The van der Waals surface area contributed by atoms with E-state index in [1.54, 1.807) is 13.0 Å². The zero-order chi connectivity index (χ0) is 24.5. The lowest BCUT2D eigenvalue weighted by Gasteiger charge is -2.15. The van der Waals surface area contributed by atoms with E-state index in [1.807, 2.05) is 32.9 Å². The van der Waals surface area contributed by atoms with Crippen LogP contribution in [0, 0.1) is 32.5 Å². The normalized spacial score (nSPS) is 15.6. The molecule has 0 fully saturated rings. The quantitative estimate of drug-likeness (QED) is 0.490. The largest absolute Gasteiger partial charge is 0.418 e. The minimum atomic E-state index is -4.84. The smallest absolute Gasteiger partial charge is 0.322 e. The first-order valence-electron chi connectivity index (χ1n) is 10.1. The SMILES string of the molecule is Cc1cc(C)c(NC(=O)C2=CC(NC(=O)Nc3ccc(F)cc3C(F)(F)F)=CC2C)c(C)c1. The lowest BCUT2D eigenvalue weighted by molar-refractivity contribution is -0.137. The molecule has 0 saturated heterocycles. The molecule has 0 heterocycles. The van der Waals surface area contributed by atoms with Gasteiger partial charge in [0.2, 0.25) is 0 Å². The molecule has 1 atom stereocenters. The number of halogens is 4. The lowest BCUT2D eigenvalue weighted by Crippen LogP contribution is -2.28. The monoisotopic (exact) mass is 461 g/mol. The number of hydrogen-bond donors (Lipinski definition) is 3. The summed E-state index contributed by atoms with van der Waals surface area (Å²) in [6, 6.07) is 4.92. The van der Waals surface area contributed by atoms with Crippen molar-refractivity contribution in [1.82, 2.24) is 5.32 Å². The highest BCUT2D eigenvalue weighted by atomic mass is 19.4. The molecule has 0 aliphatic heterocycles. The molecule has 3 amide bonds. The molecule has 0 aromatic heterocycles. The minimum Gasteiger partial charge on any atom is -0.322 e. The van der Waals surface area contributed by atoms with Gasteiger partial charge >= 0.3 is 12.2 Å². The van der Waals surface area contributed by atoms with E-state index in [1.165, 1.54) is 6.08 Å². The van der Waals surface area contributed by atoms with Crippen LogP contribution in [0.1, 0.15) is 29.2 Å². The van der Waals surface area contributed by atoms with Crippen molar-refractivity contribution in [2.45, 2.75) is 33.9 Å². The molecule has 0 bridgehead atoms. The van der Waals surface area contributed by atoms with Gasteiger partial charge in [0.25, 0.3) is 5.91 Å². The molecule has 33 heavy (non-hydrogen) atoms. The third-order valence-electron chi connectivity index (χ3n) is 5.20. The number of carbonyl (C=O) groups is 2. The number of benzene rings is 2. The number of hydrogen-bond acceptors (Lipinski definition) is 2. The minimum absolute atomic E-state index is 0.262. The Morgan fingerprint density at radius 2 is 1.58 bits per heavy atom. The number of amides is 3. The number of carbonyl (C=O) groups excluding carboxylic acids is 2. The van der Waals surface area contributed by atoms with Gasteiger partial charge < -0.3 is 16.0 Å². The van der Waals surface area contributed by atoms with Crippen LogP contribution in [0.25, 0.3) is 0 Å². The summed E-state index contributed by atoms with van der Waals surface area (Å²) in [6.45, 7) is 7.50. The molecular formula is C24H23F4N3O2. The average Bonchev–Trinajstić information content (AvgIpc) is 3.05. The number of urea groups is 1. The molecule has 1 aliphatic rings. The van der Waals surface area contributed by atoms with E-state index in [4.69, 9.17) is 0 Å². The molecule has 2 aromatic rings. The maximum Gasteiger partial charge on any atom is 0.418 e.